The van der Waals surface area contributed by atoms with Gasteiger partial charge in [0.25, 0.3) is 0 Å². The fraction of sp³-hybridized carbons (Fsp3) is 0.200. The molecule has 0 saturated heterocycles. The Morgan fingerprint density at radius 1 is 1.24 bits per heavy atom. The number of nitrogens with zero attached hydrogens (tertiary/aromatic N) is 3. The Bertz CT molecular complexity index is 760. The summed E-state index contributed by atoms with van der Waals surface area (Å²) >= 11 is 3.02. The molecule has 107 valence electrons. The molecule has 0 atom stereocenters. The molecule has 0 aliphatic heterocycles. The average molecular weight is 347 g/mol. The van der Waals surface area contributed by atoms with Crippen LogP contribution in [-0.4, -0.2) is 44.8 Å². The summed E-state index contributed by atoms with van der Waals surface area (Å²) in [6.07, 6.45) is 5.33. The molecule has 0 amide bonds. The van der Waals surface area contributed by atoms with Crippen LogP contribution >= 0.6 is 0 Å². The van der Waals surface area contributed by atoms with Crippen LogP contribution in [0.15, 0.2) is 36.9 Å². The number of fused-ring (bicyclic) bond motifs is 1. The van der Waals surface area contributed by atoms with E-state index in [2.05, 4.69) is 32.0 Å². The van der Waals surface area contributed by atoms with E-state index in [0.29, 0.717) is 5.75 Å². The van der Waals surface area contributed by atoms with Gasteiger partial charge < -0.3 is 0 Å². The second kappa shape index (κ2) is 5.76. The van der Waals surface area contributed by atoms with Gasteiger partial charge in [0.15, 0.2) is 0 Å². The first-order chi connectivity index (χ1) is 10.3. The van der Waals surface area contributed by atoms with E-state index in [1.54, 1.807) is 26.7 Å². The van der Waals surface area contributed by atoms with Crippen LogP contribution in [0.4, 0.5) is 0 Å². The summed E-state index contributed by atoms with van der Waals surface area (Å²) in [7, 11) is 3.29. The Kier molecular flexibility index (Phi) is 3.81. The van der Waals surface area contributed by atoms with E-state index < -0.39 is 0 Å². The SMILES string of the molecule is COc1cc(-n2ccc3cncnc32)cc(C[Se])c1OC. The van der Waals surface area contributed by atoms with Gasteiger partial charge in [-0.05, 0) is 0 Å². The molecular formula is C15H14N3O2Se. The van der Waals surface area contributed by atoms with Gasteiger partial charge in [-0.1, -0.05) is 0 Å². The van der Waals surface area contributed by atoms with Crippen LogP contribution in [0.25, 0.3) is 16.7 Å². The maximum atomic E-state index is 5.44. The van der Waals surface area contributed by atoms with Gasteiger partial charge in [-0.3, -0.25) is 0 Å². The zero-order valence-corrected chi connectivity index (χ0v) is 13.5. The second-order valence-corrected chi connectivity index (χ2v) is 5.08. The molecule has 5 nitrogen and oxygen atoms in total. The van der Waals surface area contributed by atoms with Gasteiger partial charge in [0.1, 0.15) is 0 Å². The van der Waals surface area contributed by atoms with Crippen LogP contribution in [0.5, 0.6) is 11.5 Å². The Morgan fingerprint density at radius 3 is 2.81 bits per heavy atom. The number of hydrogen-bond donors (Lipinski definition) is 0. The van der Waals surface area contributed by atoms with Crippen molar-refractivity contribution < 1.29 is 9.47 Å². The zero-order valence-electron chi connectivity index (χ0n) is 11.7. The summed E-state index contributed by atoms with van der Waals surface area (Å²) in [6.45, 7) is 0. The summed E-state index contributed by atoms with van der Waals surface area (Å²) in [5, 5.41) is 1.73. The average Bonchev–Trinajstić information content (AvgIpc) is 2.97. The minimum absolute atomic E-state index is 0.705. The summed E-state index contributed by atoms with van der Waals surface area (Å²) in [5.74, 6) is 1.46. The molecule has 0 aliphatic rings. The molecule has 0 aliphatic carbocycles. The van der Waals surface area contributed by atoms with Crippen molar-refractivity contribution in [3.8, 4) is 17.2 Å². The monoisotopic (exact) mass is 348 g/mol. The van der Waals surface area contributed by atoms with Crippen LogP contribution in [0, 0.1) is 0 Å². The van der Waals surface area contributed by atoms with Crippen LogP contribution in [0.1, 0.15) is 5.56 Å². The predicted octanol–water partition coefficient (Wildman–Crippen LogP) is 2.11. The van der Waals surface area contributed by atoms with Crippen molar-refractivity contribution in [2.24, 2.45) is 0 Å². The molecule has 0 fully saturated rings. The van der Waals surface area contributed by atoms with Gasteiger partial charge >= 0.3 is 130 Å². The van der Waals surface area contributed by atoms with E-state index in [1.165, 1.54) is 0 Å². The number of benzene rings is 1. The van der Waals surface area contributed by atoms with E-state index in [-0.39, 0.29) is 0 Å². The van der Waals surface area contributed by atoms with Crippen molar-refractivity contribution in [1.29, 1.82) is 0 Å². The molecule has 3 aromatic rings. The number of hydrogen-bond acceptors (Lipinski definition) is 4. The van der Waals surface area contributed by atoms with Gasteiger partial charge in [0.2, 0.25) is 0 Å². The molecule has 1 aromatic carbocycles. The summed E-state index contributed by atoms with van der Waals surface area (Å²) in [4.78, 5) is 8.38. The molecule has 1 radical (unpaired) electrons. The zero-order chi connectivity index (χ0) is 14.8. The Hall–Kier alpha value is -2.04. The first kappa shape index (κ1) is 13.9. The van der Waals surface area contributed by atoms with Crippen molar-refractivity contribution in [3.05, 3.63) is 42.5 Å². The van der Waals surface area contributed by atoms with E-state index in [1.807, 2.05) is 22.9 Å². The van der Waals surface area contributed by atoms with Crippen LogP contribution < -0.4 is 9.47 Å². The van der Waals surface area contributed by atoms with Gasteiger partial charge in [0, 0.05) is 0 Å². The molecule has 0 saturated carbocycles. The molecule has 21 heavy (non-hydrogen) atoms. The molecule has 0 N–H and O–H groups in total. The number of ether oxygens (including phenoxy) is 2. The first-order valence-electron chi connectivity index (χ1n) is 6.39. The quantitative estimate of drug-likeness (QED) is 0.679. The van der Waals surface area contributed by atoms with Crippen molar-refractivity contribution in [3.63, 3.8) is 0 Å². The van der Waals surface area contributed by atoms with E-state index >= 15 is 0 Å². The number of aromatic nitrogens is 3. The summed E-state index contributed by atoms with van der Waals surface area (Å²) in [6, 6.07) is 6.00. The Labute approximate surface area is 130 Å². The van der Waals surface area contributed by atoms with Gasteiger partial charge in [-0.15, -0.1) is 0 Å². The fourth-order valence-electron chi connectivity index (χ4n) is 2.36. The van der Waals surface area contributed by atoms with E-state index in [4.69, 9.17) is 9.47 Å². The molecule has 2 heterocycles. The van der Waals surface area contributed by atoms with Crippen LogP contribution in [0.2, 0.25) is 0 Å². The standard InChI is InChI=1S/C15H14N3O2Se/c1-19-13-6-12(5-11(8-21)14(13)20-2)18-4-3-10-7-16-9-17-15(10)18/h3-7,9H,8H2,1-2H3. The fourth-order valence-corrected chi connectivity index (χ4v) is 2.81. The topological polar surface area (TPSA) is 49.2 Å². The molecular weight excluding hydrogens is 333 g/mol. The summed E-state index contributed by atoms with van der Waals surface area (Å²) in [5.41, 5.74) is 2.89. The van der Waals surface area contributed by atoms with Crippen LogP contribution in [0.3, 0.4) is 0 Å². The number of methoxy groups -OCH3 is 2. The van der Waals surface area contributed by atoms with Crippen molar-refractivity contribution >= 4 is 27.0 Å². The first-order valence-corrected chi connectivity index (χ1v) is 7.60. The normalized spacial score (nSPS) is 10.8. The third-order valence-corrected chi connectivity index (χ3v) is 3.98. The third-order valence-electron chi connectivity index (χ3n) is 3.32. The molecule has 3 rings (SSSR count). The maximum absolute atomic E-state index is 5.44. The minimum atomic E-state index is 0.705. The molecule has 0 spiro atoms. The second-order valence-electron chi connectivity index (χ2n) is 4.47. The van der Waals surface area contributed by atoms with Crippen molar-refractivity contribution in [2.75, 3.05) is 14.2 Å². The molecule has 2 aromatic heterocycles. The van der Waals surface area contributed by atoms with E-state index in [0.717, 1.165) is 33.4 Å². The van der Waals surface area contributed by atoms with Crippen LogP contribution in [-0.2, 0) is 5.32 Å². The van der Waals surface area contributed by atoms with Gasteiger partial charge in [0.05, 0.1) is 0 Å². The van der Waals surface area contributed by atoms with Crippen molar-refractivity contribution in [1.82, 2.24) is 14.5 Å². The Balaban J connectivity index is 2.23. The summed E-state index contributed by atoms with van der Waals surface area (Å²) < 4.78 is 12.9. The molecule has 0 unspecified atom stereocenters. The van der Waals surface area contributed by atoms with Gasteiger partial charge in [-0.25, -0.2) is 0 Å². The molecule has 6 heteroatoms. The van der Waals surface area contributed by atoms with E-state index in [9.17, 15) is 0 Å². The van der Waals surface area contributed by atoms with Gasteiger partial charge in [-0.2, -0.15) is 0 Å². The third kappa shape index (κ3) is 2.37. The number of rotatable bonds is 4. The van der Waals surface area contributed by atoms with Crippen molar-refractivity contribution in [2.45, 2.75) is 5.32 Å². The molecule has 0 bridgehead atoms. The Morgan fingerprint density at radius 2 is 2.10 bits per heavy atom. The predicted molar refractivity (Wildman–Crippen MR) is 81.4 cm³/mol.